The first-order valence-corrected chi connectivity index (χ1v) is 8.80. The summed E-state index contributed by atoms with van der Waals surface area (Å²) < 4.78 is 5.21. The van der Waals surface area contributed by atoms with Crippen molar-refractivity contribution in [3.8, 4) is 22.3 Å². The average Bonchev–Trinajstić information content (AvgIpc) is 2.63. The van der Waals surface area contributed by atoms with Crippen molar-refractivity contribution in [3.63, 3.8) is 0 Å². The minimum absolute atomic E-state index is 0.441. The number of hydrogen-bond donors (Lipinski definition) is 0. The molecule has 1 heterocycles. The van der Waals surface area contributed by atoms with E-state index in [9.17, 15) is 4.79 Å². The van der Waals surface area contributed by atoms with E-state index in [1.807, 2.05) is 54.6 Å². The van der Waals surface area contributed by atoms with E-state index in [2.05, 4.69) is 4.98 Å². The van der Waals surface area contributed by atoms with Crippen LogP contribution in [0.5, 0.6) is 0 Å². The Hall–Kier alpha value is -2.36. The Morgan fingerprint density at radius 3 is 1.88 bits per heavy atom. The van der Waals surface area contributed by atoms with Gasteiger partial charge in [0.05, 0.1) is 5.69 Å². The number of nitrogens with zero attached hydrogens (tertiary/aromatic N) is 1. The third-order valence-electron chi connectivity index (χ3n) is 4.17. The van der Waals surface area contributed by atoms with Crippen LogP contribution >= 0.6 is 23.2 Å². The molecule has 0 fully saturated rings. The quantitative estimate of drug-likeness (QED) is 0.495. The fourth-order valence-electron chi connectivity index (χ4n) is 2.69. The van der Waals surface area contributed by atoms with E-state index in [-0.39, 0.29) is 0 Å². The van der Waals surface area contributed by atoms with Crippen molar-refractivity contribution in [1.29, 1.82) is 0 Å². The summed E-state index contributed by atoms with van der Waals surface area (Å²) in [6.45, 7) is 4.05. The van der Waals surface area contributed by atoms with Crippen LogP contribution in [0.1, 0.15) is 19.5 Å². The maximum Gasteiger partial charge on any atom is 0.294 e. The van der Waals surface area contributed by atoms with Crippen molar-refractivity contribution in [1.82, 2.24) is 4.98 Å². The fourth-order valence-corrected chi connectivity index (χ4v) is 2.95. The van der Waals surface area contributed by atoms with E-state index in [1.165, 1.54) is 0 Å². The first kappa shape index (κ1) is 18.4. The molecule has 0 N–H and O–H groups in total. The lowest BCUT2D eigenvalue weighted by molar-refractivity contribution is -0.141. The molecule has 0 aliphatic rings. The van der Waals surface area contributed by atoms with Crippen LogP contribution in [0.4, 0.5) is 0 Å². The molecule has 3 nitrogen and oxygen atoms in total. The molecule has 26 heavy (non-hydrogen) atoms. The Labute approximate surface area is 162 Å². The summed E-state index contributed by atoms with van der Waals surface area (Å²) in [5.74, 6) is 0. The minimum Gasteiger partial charge on any atom is -0.455 e. The molecule has 132 valence electrons. The van der Waals surface area contributed by atoms with Crippen molar-refractivity contribution < 1.29 is 9.53 Å². The summed E-state index contributed by atoms with van der Waals surface area (Å²) in [5.41, 5.74) is 3.73. The van der Waals surface area contributed by atoms with Gasteiger partial charge < -0.3 is 4.74 Å². The molecule has 0 unspecified atom stereocenters. The lowest BCUT2D eigenvalue weighted by Crippen LogP contribution is -2.22. The standard InChI is InChI=1S/C21H17Cl2NO2/c1-21(2,26-13-25)20-11-18(14-3-7-16(22)8-4-14)19(12-24-20)15-5-9-17(23)10-6-15/h3-13H,1-2H3. The summed E-state index contributed by atoms with van der Waals surface area (Å²) in [4.78, 5) is 15.4. The van der Waals surface area contributed by atoms with E-state index in [1.54, 1.807) is 20.0 Å². The van der Waals surface area contributed by atoms with Gasteiger partial charge in [-0.1, -0.05) is 47.5 Å². The second-order valence-electron chi connectivity index (χ2n) is 6.35. The van der Waals surface area contributed by atoms with Crippen molar-refractivity contribution >= 4 is 29.7 Å². The van der Waals surface area contributed by atoms with Crippen LogP contribution in [-0.2, 0) is 15.1 Å². The Bertz CT molecular complexity index is 920. The lowest BCUT2D eigenvalue weighted by Gasteiger charge is -2.23. The monoisotopic (exact) mass is 385 g/mol. The van der Waals surface area contributed by atoms with Gasteiger partial charge in [-0.3, -0.25) is 9.78 Å². The summed E-state index contributed by atoms with van der Waals surface area (Å²) >= 11 is 12.0. The number of pyridine rings is 1. The smallest absolute Gasteiger partial charge is 0.294 e. The van der Waals surface area contributed by atoms with E-state index < -0.39 is 5.60 Å². The molecular formula is C21H17Cl2NO2. The highest BCUT2D eigenvalue weighted by molar-refractivity contribution is 6.31. The minimum atomic E-state index is -0.832. The van der Waals surface area contributed by atoms with Gasteiger partial charge in [-0.15, -0.1) is 0 Å². The van der Waals surface area contributed by atoms with E-state index >= 15 is 0 Å². The highest BCUT2D eigenvalue weighted by Gasteiger charge is 2.25. The van der Waals surface area contributed by atoms with Gasteiger partial charge in [0.2, 0.25) is 0 Å². The average molecular weight is 386 g/mol. The maximum atomic E-state index is 10.8. The number of ether oxygens (including phenoxy) is 1. The molecule has 5 heteroatoms. The van der Waals surface area contributed by atoms with Crippen LogP contribution in [0, 0.1) is 0 Å². The van der Waals surface area contributed by atoms with Crippen LogP contribution in [0.3, 0.4) is 0 Å². The number of halogens is 2. The number of benzene rings is 2. The van der Waals surface area contributed by atoms with Crippen LogP contribution in [0.15, 0.2) is 60.8 Å². The number of rotatable bonds is 5. The number of hydrogen-bond acceptors (Lipinski definition) is 3. The van der Waals surface area contributed by atoms with Gasteiger partial charge in [0.1, 0.15) is 5.60 Å². The summed E-state index contributed by atoms with van der Waals surface area (Å²) in [5, 5.41) is 1.34. The molecule has 3 rings (SSSR count). The van der Waals surface area contributed by atoms with Crippen LogP contribution in [0.2, 0.25) is 10.0 Å². The van der Waals surface area contributed by atoms with Crippen molar-refractivity contribution in [2.45, 2.75) is 19.4 Å². The summed E-state index contributed by atoms with van der Waals surface area (Å²) in [7, 11) is 0. The Balaban J connectivity index is 2.19. The maximum absolute atomic E-state index is 10.8. The molecular weight excluding hydrogens is 369 g/mol. The zero-order chi connectivity index (χ0) is 18.7. The first-order chi connectivity index (χ1) is 12.4. The van der Waals surface area contributed by atoms with Gasteiger partial charge in [0.15, 0.2) is 0 Å². The van der Waals surface area contributed by atoms with E-state index in [0.29, 0.717) is 22.2 Å². The molecule has 0 spiro atoms. The molecule has 0 amide bonds. The van der Waals surface area contributed by atoms with Gasteiger partial charge in [0.25, 0.3) is 6.47 Å². The summed E-state index contributed by atoms with van der Waals surface area (Å²) in [6.07, 6.45) is 1.79. The Morgan fingerprint density at radius 1 is 0.885 bits per heavy atom. The van der Waals surface area contributed by atoms with Crippen molar-refractivity contribution in [2.75, 3.05) is 0 Å². The van der Waals surface area contributed by atoms with Gasteiger partial charge in [-0.2, -0.15) is 0 Å². The fraction of sp³-hybridized carbons (Fsp3) is 0.143. The van der Waals surface area contributed by atoms with E-state index in [4.69, 9.17) is 27.9 Å². The third kappa shape index (κ3) is 3.90. The van der Waals surface area contributed by atoms with Gasteiger partial charge >= 0.3 is 0 Å². The van der Waals surface area contributed by atoms with Crippen molar-refractivity contribution in [3.05, 3.63) is 76.5 Å². The second kappa shape index (κ2) is 7.48. The van der Waals surface area contributed by atoms with Crippen LogP contribution < -0.4 is 0 Å². The number of carbonyl (C=O) groups is 1. The molecule has 3 aromatic rings. The molecule has 0 aliphatic heterocycles. The van der Waals surface area contributed by atoms with Gasteiger partial charge in [0, 0.05) is 21.8 Å². The highest BCUT2D eigenvalue weighted by atomic mass is 35.5. The highest BCUT2D eigenvalue weighted by Crippen LogP contribution is 2.35. The zero-order valence-electron chi connectivity index (χ0n) is 14.4. The predicted octanol–water partition coefficient (Wildman–Crippen LogP) is 6.13. The molecule has 0 saturated heterocycles. The predicted molar refractivity (Wildman–Crippen MR) is 105 cm³/mol. The number of aromatic nitrogens is 1. The largest absolute Gasteiger partial charge is 0.455 e. The Kier molecular flexibility index (Phi) is 5.30. The summed E-state index contributed by atoms with van der Waals surface area (Å²) in [6, 6.07) is 17.1. The molecule has 0 radical (unpaired) electrons. The third-order valence-corrected chi connectivity index (χ3v) is 4.68. The lowest BCUT2D eigenvalue weighted by atomic mass is 9.93. The zero-order valence-corrected chi connectivity index (χ0v) is 15.9. The molecule has 0 aliphatic carbocycles. The topological polar surface area (TPSA) is 39.2 Å². The van der Waals surface area contributed by atoms with E-state index in [0.717, 1.165) is 22.3 Å². The normalized spacial score (nSPS) is 11.2. The number of carbonyl (C=O) groups excluding carboxylic acids is 1. The van der Waals surface area contributed by atoms with Crippen LogP contribution in [-0.4, -0.2) is 11.5 Å². The van der Waals surface area contributed by atoms with Gasteiger partial charge in [-0.05, 0) is 60.9 Å². The molecule has 0 atom stereocenters. The van der Waals surface area contributed by atoms with Crippen LogP contribution in [0.25, 0.3) is 22.3 Å². The molecule has 0 saturated carbocycles. The Morgan fingerprint density at radius 2 is 1.38 bits per heavy atom. The molecule has 0 bridgehead atoms. The SMILES string of the molecule is CC(C)(OC=O)c1cc(-c2ccc(Cl)cc2)c(-c2ccc(Cl)cc2)cn1. The molecule has 2 aromatic carbocycles. The first-order valence-electron chi connectivity index (χ1n) is 8.04. The van der Waals surface area contributed by atoms with Crippen molar-refractivity contribution in [2.24, 2.45) is 0 Å². The molecule has 1 aromatic heterocycles. The van der Waals surface area contributed by atoms with Gasteiger partial charge in [-0.25, -0.2) is 0 Å². The second-order valence-corrected chi connectivity index (χ2v) is 7.23.